The van der Waals surface area contributed by atoms with Gasteiger partial charge in [-0.2, -0.15) is 0 Å². The second-order valence-electron chi connectivity index (χ2n) is 5.13. The molecule has 1 aromatic heterocycles. The standard InChI is InChI=1S/C17H26N3/c1-4-17(19(5-2)6-3)20-13-12-18(15-20)14-16-10-8-7-9-11-16/h7-13,15,17H,4-6,14H2,1-3H3/q+1. The molecule has 0 aliphatic rings. The fourth-order valence-electron chi connectivity index (χ4n) is 2.78. The van der Waals surface area contributed by atoms with Gasteiger partial charge in [0.2, 0.25) is 6.33 Å². The van der Waals surface area contributed by atoms with Gasteiger partial charge in [0.1, 0.15) is 18.9 Å². The van der Waals surface area contributed by atoms with E-state index in [-0.39, 0.29) is 0 Å². The second kappa shape index (κ2) is 7.25. The van der Waals surface area contributed by atoms with E-state index in [1.807, 2.05) is 0 Å². The van der Waals surface area contributed by atoms with Gasteiger partial charge in [0.15, 0.2) is 6.17 Å². The van der Waals surface area contributed by atoms with Gasteiger partial charge in [-0.1, -0.05) is 51.1 Å². The summed E-state index contributed by atoms with van der Waals surface area (Å²) in [6.07, 6.45) is 8.16. The third kappa shape index (κ3) is 3.48. The summed E-state index contributed by atoms with van der Waals surface area (Å²) in [6.45, 7) is 9.83. The number of nitrogens with zero attached hydrogens (tertiary/aromatic N) is 3. The Kier molecular flexibility index (Phi) is 5.36. The molecule has 0 spiro atoms. The van der Waals surface area contributed by atoms with Crippen LogP contribution in [0.5, 0.6) is 0 Å². The molecular formula is C17H26N3+. The molecule has 0 radical (unpaired) electrons. The number of benzene rings is 1. The van der Waals surface area contributed by atoms with Crippen molar-refractivity contribution in [3.05, 3.63) is 54.6 Å². The van der Waals surface area contributed by atoms with E-state index in [1.54, 1.807) is 0 Å². The first-order valence-corrected chi connectivity index (χ1v) is 7.63. The van der Waals surface area contributed by atoms with E-state index in [9.17, 15) is 0 Å². The Morgan fingerprint density at radius 3 is 2.40 bits per heavy atom. The van der Waals surface area contributed by atoms with E-state index >= 15 is 0 Å². The van der Waals surface area contributed by atoms with E-state index < -0.39 is 0 Å². The largest absolute Gasteiger partial charge is 0.265 e. The normalized spacial score (nSPS) is 12.8. The maximum atomic E-state index is 2.49. The summed E-state index contributed by atoms with van der Waals surface area (Å²) in [5, 5.41) is 0. The molecule has 108 valence electrons. The van der Waals surface area contributed by atoms with Gasteiger partial charge in [-0.3, -0.25) is 4.90 Å². The summed E-state index contributed by atoms with van der Waals surface area (Å²) in [7, 11) is 0. The van der Waals surface area contributed by atoms with Crippen LogP contribution in [-0.4, -0.2) is 22.6 Å². The molecule has 0 N–H and O–H groups in total. The molecule has 0 saturated carbocycles. The van der Waals surface area contributed by atoms with Gasteiger partial charge in [-0.25, -0.2) is 9.13 Å². The highest BCUT2D eigenvalue weighted by atomic mass is 15.3. The maximum Gasteiger partial charge on any atom is 0.245 e. The van der Waals surface area contributed by atoms with Crippen LogP contribution < -0.4 is 4.57 Å². The zero-order valence-corrected chi connectivity index (χ0v) is 12.9. The van der Waals surface area contributed by atoms with Crippen molar-refractivity contribution in [2.75, 3.05) is 13.1 Å². The Bertz CT molecular complexity index is 500. The molecule has 0 fully saturated rings. The van der Waals surface area contributed by atoms with Crippen molar-refractivity contribution >= 4 is 0 Å². The number of rotatable bonds is 7. The van der Waals surface area contributed by atoms with Crippen LogP contribution in [0.1, 0.15) is 38.9 Å². The lowest BCUT2D eigenvalue weighted by molar-refractivity contribution is -0.688. The van der Waals surface area contributed by atoms with Gasteiger partial charge in [0.25, 0.3) is 0 Å². The second-order valence-corrected chi connectivity index (χ2v) is 5.13. The molecule has 0 saturated heterocycles. The molecular weight excluding hydrogens is 246 g/mol. The predicted octanol–water partition coefficient (Wildman–Crippen LogP) is 3.07. The Morgan fingerprint density at radius 1 is 1.10 bits per heavy atom. The highest BCUT2D eigenvalue weighted by Crippen LogP contribution is 2.15. The van der Waals surface area contributed by atoms with Crippen LogP contribution in [0.15, 0.2) is 49.1 Å². The molecule has 0 aliphatic heterocycles. The molecule has 3 nitrogen and oxygen atoms in total. The van der Waals surface area contributed by atoms with Gasteiger partial charge >= 0.3 is 0 Å². The third-order valence-electron chi connectivity index (χ3n) is 3.86. The fourth-order valence-corrected chi connectivity index (χ4v) is 2.78. The van der Waals surface area contributed by atoms with E-state index in [2.05, 4.69) is 83.9 Å². The number of aromatic nitrogens is 2. The summed E-state index contributed by atoms with van der Waals surface area (Å²) in [5.74, 6) is 0. The molecule has 1 heterocycles. The lowest BCUT2D eigenvalue weighted by Gasteiger charge is -2.25. The van der Waals surface area contributed by atoms with Crippen LogP contribution in [0.3, 0.4) is 0 Å². The number of hydrogen-bond donors (Lipinski definition) is 0. The van der Waals surface area contributed by atoms with Crippen molar-refractivity contribution < 1.29 is 4.57 Å². The highest BCUT2D eigenvalue weighted by Gasteiger charge is 2.20. The third-order valence-corrected chi connectivity index (χ3v) is 3.86. The maximum absolute atomic E-state index is 2.49. The molecule has 1 unspecified atom stereocenters. The minimum atomic E-state index is 0.460. The van der Waals surface area contributed by atoms with Crippen LogP contribution in [0, 0.1) is 0 Å². The first-order valence-electron chi connectivity index (χ1n) is 7.63. The van der Waals surface area contributed by atoms with Crippen molar-refractivity contribution in [1.82, 2.24) is 9.47 Å². The average molecular weight is 272 g/mol. The predicted molar refractivity (Wildman–Crippen MR) is 82.4 cm³/mol. The molecule has 3 heteroatoms. The van der Waals surface area contributed by atoms with Crippen molar-refractivity contribution in [3.8, 4) is 0 Å². The van der Waals surface area contributed by atoms with Crippen LogP contribution >= 0.6 is 0 Å². The van der Waals surface area contributed by atoms with Gasteiger partial charge < -0.3 is 0 Å². The summed E-state index contributed by atoms with van der Waals surface area (Å²) in [4.78, 5) is 2.49. The summed E-state index contributed by atoms with van der Waals surface area (Å²) >= 11 is 0. The SMILES string of the molecule is CCC(N(CC)CC)n1cc[n+](Cc2ccccc2)c1. The number of hydrogen-bond acceptors (Lipinski definition) is 1. The average Bonchev–Trinajstić information content (AvgIpc) is 2.93. The van der Waals surface area contributed by atoms with Crippen molar-refractivity contribution in [2.45, 2.75) is 39.9 Å². The Labute approximate surface area is 122 Å². The minimum absolute atomic E-state index is 0.460. The summed E-state index contributed by atoms with van der Waals surface area (Å²) in [6, 6.07) is 10.6. The summed E-state index contributed by atoms with van der Waals surface area (Å²) < 4.78 is 4.58. The molecule has 2 rings (SSSR count). The molecule has 2 aromatic rings. The Hall–Kier alpha value is -1.61. The van der Waals surface area contributed by atoms with Gasteiger partial charge in [-0.05, 0) is 25.1 Å². The van der Waals surface area contributed by atoms with Crippen molar-refractivity contribution in [3.63, 3.8) is 0 Å². The van der Waals surface area contributed by atoms with Gasteiger partial charge in [0.05, 0.1) is 0 Å². The fraction of sp³-hybridized carbons (Fsp3) is 0.471. The first kappa shape index (κ1) is 14.8. The minimum Gasteiger partial charge on any atom is -0.265 e. The van der Waals surface area contributed by atoms with Crippen LogP contribution in [0.4, 0.5) is 0 Å². The van der Waals surface area contributed by atoms with Gasteiger partial charge in [0, 0.05) is 0 Å². The first-order chi connectivity index (χ1) is 9.78. The quantitative estimate of drug-likeness (QED) is 0.705. The Morgan fingerprint density at radius 2 is 1.80 bits per heavy atom. The molecule has 1 atom stereocenters. The van der Waals surface area contributed by atoms with Crippen molar-refractivity contribution in [1.29, 1.82) is 0 Å². The van der Waals surface area contributed by atoms with E-state index in [1.165, 1.54) is 5.56 Å². The number of imidazole rings is 1. The van der Waals surface area contributed by atoms with E-state index in [4.69, 9.17) is 0 Å². The van der Waals surface area contributed by atoms with E-state index in [0.29, 0.717) is 6.17 Å². The highest BCUT2D eigenvalue weighted by molar-refractivity contribution is 5.13. The molecule has 20 heavy (non-hydrogen) atoms. The van der Waals surface area contributed by atoms with Crippen LogP contribution in [0.2, 0.25) is 0 Å². The summed E-state index contributed by atoms with van der Waals surface area (Å²) in [5.41, 5.74) is 1.34. The molecule has 0 bridgehead atoms. The van der Waals surface area contributed by atoms with Gasteiger partial charge in [-0.15, -0.1) is 0 Å². The van der Waals surface area contributed by atoms with E-state index in [0.717, 1.165) is 26.1 Å². The zero-order chi connectivity index (χ0) is 14.4. The lowest BCUT2D eigenvalue weighted by Crippen LogP contribution is -2.35. The van der Waals surface area contributed by atoms with Crippen LogP contribution in [-0.2, 0) is 6.54 Å². The smallest absolute Gasteiger partial charge is 0.245 e. The molecule has 0 amide bonds. The monoisotopic (exact) mass is 272 g/mol. The molecule has 1 aromatic carbocycles. The topological polar surface area (TPSA) is 12.1 Å². The van der Waals surface area contributed by atoms with Crippen molar-refractivity contribution in [2.24, 2.45) is 0 Å². The molecule has 0 aliphatic carbocycles. The zero-order valence-electron chi connectivity index (χ0n) is 12.9. The Balaban J connectivity index is 2.11. The van der Waals surface area contributed by atoms with Crippen LogP contribution in [0.25, 0.3) is 0 Å². The lowest BCUT2D eigenvalue weighted by atomic mass is 10.2.